The molecule has 0 N–H and O–H groups in total. The number of halogens is 1. The van der Waals surface area contributed by atoms with Crippen LogP contribution in [0.15, 0.2) is 42.7 Å². The molecule has 4 rings (SSSR count). The van der Waals surface area contributed by atoms with Gasteiger partial charge in [-0.15, -0.1) is 0 Å². The minimum absolute atomic E-state index is 0.291. The first-order valence-electron chi connectivity index (χ1n) is 8.16. The molecule has 2 aromatic heterocycles. The van der Waals surface area contributed by atoms with E-state index in [0.717, 1.165) is 43.2 Å². The van der Waals surface area contributed by atoms with E-state index in [0.29, 0.717) is 11.4 Å². The molecule has 128 valence electrons. The fourth-order valence-corrected chi connectivity index (χ4v) is 3.11. The fourth-order valence-electron chi connectivity index (χ4n) is 3.11. The molecule has 0 radical (unpaired) electrons. The molecule has 1 fully saturated rings. The molecule has 0 saturated carbocycles. The van der Waals surface area contributed by atoms with Crippen LogP contribution in [-0.4, -0.2) is 48.2 Å². The van der Waals surface area contributed by atoms with Crippen LogP contribution >= 0.6 is 0 Å². The lowest BCUT2D eigenvalue weighted by Crippen LogP contribution is -2.47. The number of aromatic nitrogens is 3. The number of ether oxygens (including phenoxy) is 1. The van der Waals surface area contributed by atoms with Crippen molar-refractivity contribution in [3.8, 4) is 5.75 Å². The Kier molecular flexibility index (Phi) is 4.05. The van der Waals surface area contributed by atoms with Gasteiger partial charge in [0.1, 0.15) is 22.9 Å². The summed E-state index contributed by atoms with van der Waals surface area (Å²) in [5.41, 5.74) is 2.37. The molecule has 6 nitrogen and oxygen atoms in total. The lowest BCUT2D eigenvalue weighted by atomic mass is 10.2. The Morgan fingerprint density at radius 2 is 1.72 bits per heavy atom. The summed E-state index contributed by atoms with van der Waals surface area (Å²) in [5.74, 6) is 1.17. The van der Waals surface area contributed by atoms with Crippen LogP contribution in [0.5, 0.6) is 5.75 Å². The summed E-state index contributed by atoms with van der Waals surface area (Å²) < 4.78 is 18.7. The third-order valence-electron chi connectivity index (χ3n) is 4.40. The summed E-state index contributed by atoms with van der Waals surface area (Å²) in [6, 6.07) is 8.58. The van der Waals surface area contributed by atoms with E-state index < -0.39 is 0 Å². The molecular formula is C18H18FN5O. The first kappa shape index (κ1) is 15.6. The molecule has 25 heavy (non-hydrogen) atoms. The Hall–Kier alpha value is -2.96. The number of hydrogen-bond acceptors (Lipinski definition) is 6. The Labute approximate surface area is 144 Å². The summed E-state index contributed by atoms with van der Waals surface area (Å²) >= 11 is 0. The van der Waals surface area contributed by atoms with Crippen LogP contribution in [0.2, 0.25) is 0 Å². The van der Waals surface area contributed by atoms with Gasteiger partial charge in [0.2, 0.25) is 0 Å². The molecular weight excluding hydrogens is 321 g/mol. The van der Waals surface area contributed by atoms with Crippen LogP contribution in [0, 0.1) is 5.82 Å². The van der Waals surface area contributed by atoms with E-state index in [1.807, 2.05) is 12.1 Å². The summed E-state index contributed by atoms with van der Waals surface area (Å²) in [6.07, 6.45) is 3.32. The van der Waals surface area contributed by atoms with Crippen LogP contribution in [-0.2, 0) is 0 Å². The highest BCUT2D eigenvalue weighted by Crippen LogP contribution is 2.30. The van der Waals surface area contributed by atoms with E-state index in [9.17, 15) is 4.39 Å². The second-order valence-corrected chi connectivity index (χ2v) is 5.86. The van der Waals surface area contributed by atoms with Gasteiger partial charge in [-0.2, -0.15) is 0 Å². The average Bonchev–Trinajstić information content (AvgIpc) is 2.67. The molecule has 3 heterocycles. The fraction of sp³-hybridized carbons (Fsp3) is 0.278. The Morgan fingerprint density at radius 3 is 2.52 bits per heavy atom. The number of nitrogens with zero attached hydrogens (tertiary/aromatic N) is 5. The molecule has 1 aliphatic rings. The highest BCUT2D eigenvalue weighted by atomic mass is 19.1. The van der Waals surface area contributed by atoms with Gasteiger partial charge < -0.3 is 14.5 Å². The number of piperazine rings is 1. The Balaban J connectivity index is 1.51. The molecule has 0 atom stereocenters. The molecule has 1 aliphatic heterocycles. The maximum atomic E-state index is 13.4. The molecule has 0 unspecified atom stereocenters. The molecule has 0 spiro atoms. The molecule has 3 aromatic rings. The summed E-state index contributed by atoms with van der Waals surface area (Å²) in [5, 5.41) is 0. The van der Waals surface area contributed by atoms with E-state index in [4.69, 9.17) is 4.74 Å². The maximum absolute atomic E-state index is 13.4. The van der Waals surface area contributed by atoms with Crippen molar-refractivity contribution < 1.29 is 9.13 Å². The van der Waals surface area contributed by atoms with Crippen molar-refractivity contribution in [1.82, 2.24) is 15.0 Å². The van der Waals surface area contributed by atoms with Gasteiger partial charge in [0, 0.05) is 44.6 Å². The van der Waals surface area contributed by atoms with Crippen molar-refractivity contribution in [2.24, 2.45) is 0 Å². The number of rotatable bonds is 3. The quantitative estimate of drug-likeness (QED) is 0.731. The highest BCUT2D eigenvalue weighted by Gasteiger charge is 2.21. The van der Waals surface area contributed by atoms with Crippen molar-refractivity contribution in [1.29, 1.82) is 0 Å². The third kappa shape index (κ3) is 3.05. The highest BCUT2D eigenvalue weighted by molar-refractivity contribution is 5.71. The van der Waals surface area contributed by atoms with Crippen LogP contribution in [0.4, 0.5) is 15.9 Å². The Bertz CT molecular complexity index is 896. The lowest BCUT2D eigenvalue weighted by Gasteiger charge is -2.37. The van der Waals surface area contributed by atoms with E-state index in [2.05, 4.69) is 24.8 Å². The van der Waals surface area contributed by atoms with Crippen molar-refractivity contribution >= 4 is 22.7 Å². The van der Waals surface area contributed by atoms with Crippen molar-refractivity contribution in [2.45, 2.75) is 0 Å². The zero-order chi connectivity index (χ0) is 17.2. The second kappa shape index (κ2) is 6.51. The third-order valence-corrected chi connectivity index (χ3v) is 4.40. The van der Waals surface area contributed by atoms with E-state index in [1.165, 1.54) is 12.1 Å². The molecule has 0 aliphatic carbocycles. The smallest absolute Gasteiger partial charge is 0.180 e. The van der Waals surface area contributed by atoms with Crippen molar-refractivity contribution in [2.75, 3.05) is 43.1 Å². The van der Waals surface area contributed by atoms with Gasteiger partial charge >= 0.3 is 0 Å². The van der Waals surface area contributed by atoms with Gasteiger partial charge in [0.05, 0.1) is 12.8 Å². The lowest BCUT2D eigenvalue weighted by molar-refractivity contribution is 0.410. The van der Waals surface area contributed by atoms with Crippen molar-refractivity contribution in [3.63, 3.8) is 0 Å². The van der Waals surface area contributed by atoms with Gasteiger partial charge in [-0.05, 0) is 24.3 Å². The number of hydrogen-bond donors (Lipinski definition) is 0. The number of methoxy groups -OCH3 is 1. The first-order valence-corrected chi connectivity index (χ1v) is 8.16. The van der Waals surface area contributed by atoms with Gasteiger partial charge in [0.25, 0.3) is 0 Å². The predicted molar refractivity (Wildman–Crippen MR) is 94.7 cm³/mol. The van der Waals surface area contributed by atoms with Crippen LogP contribution in [0.3, 0.4) is 0 Å². The molecule has 0 bridgehead atoms. The summed E-state index contributed by atoms with van der Waals surface area (Å²) in [7, 11) is 1.56. The number of anilines is 2. The minimum Gasteiger partial charge on any atom is -0.494 e. The monoisotopic (exact) mass is 339 g/mol. The van der Waals surface area contributed by atoms with Crippen LogP contribution in [0.1, 0.15) is 0 Å². The molecule has 1 aromatic carbocycles. The van der Waals surface area contributed by atoms with Gasteiger partial charge in [-0.1, -0.05) is 0 Å². The van der Waals surface area contributed by atoms with E-state index in [-0.39, 0.29) is 5.82 Å². The summed E-state index contributed by atoms with van der Waals surface area (Å²) in [4.78, 5) is 17.5. The van der Waals surface area contributed by atoms with Crippen LogP contribution < -0.4 is 14.5 Å². The molecule has 7 heteroatoms. The molecule has 1 saturated heterocycles. The van der Waals surface area contributed by atoms with Gasteiger partial charge in [0.15, 0.2) is 5.65 Å². The van der Waals surface area contributed by atoms with Crippen LogP contribution in [0.25, 0.3) is 11.2 Å². The number of fused-ring (bicyclic) bond motifs is 1. The van der Waals surface area contributed by atoms with Crippen molar-refractivity contribution in [3.05, 3.63) is 48.5 Å². The minimum atomic E-state index is -0.291. The van der Waals surface area contributed by atoms with E-state index >= 15 is 0 Å². The standard InChI is InChI=1S/C18H18FN5O/c1-25-16-12-13(19)2-4-15(16)23-8-10-24(11-9-23)17-5-3-14-18(22-17)21-7-6-20-14/h2-7,12H,8-11H2,1H3. The van der Waals surface area contributed by atoms with Gasteiger partial charge in [-0.3, -0.25) is 4.98 Å². The second-order valence-electron chi connectivity index (χ2n) is 5.86. The van der Waals surface area contributed by atoms with Gasteiger partial charge in [-0.25, -0.2) is 14.4 Å². The number of benzene rings is 1. The zero-order valence-corrected chi connectivity index (χ0v) is 13.9. The first-order chi connectivity index (χ1) is 12.2. The topological polar surface area (TPSA) is 54.4 Å². The maximum Gasteiger partial charge on any atom is 0.180 e. The zero-order valence-electron chi connectivity index (χ0n) is 13.9. The van der Waals surface area contributed by atoms with E-state index in [1.54, 1.807) is 25.6 Å². The number of pyridine rings is 1. The molecule has 0 amide bonds. The largest absolute Gasteiger partial charge is 0.494 e. The normalized spacial score (nSPS) is 14.8. The Morgan fingerprint density at radius 1 is 0.960 bits per heavy atom. The SMILES string of the molecule is COc1cc(F)ccc1N1CCN(c2ccc3nccnc3n2)CC1. The predicted octanol–water partition coefficient (Wildman–Crippen LogP) is 2.50. The summed E-state index contributed by atoms with van der Waals surface area (Å²) in [6.45, 7) is 3.25. The average molecular weight is 339 g/mol.